The molecular formula is C16H23N3O3. The average Bonchev–Trinajstić information content (AvgIpc) is 2.51. The van der Waals surface area contributed by atoms with Crippen LogP contribution in [-0.2, 0) is 9.53 Å². The fourth-order valence-corrected chi connectivity index (χ4v) is 2.41. The van der Waals surface area contributed by atoms with Crippen molar-refractivity contribution in [1.82, 2.24) is 15.5 Å². The number of piperazine rings is 1. The van der Waals surface area contributed by atoms with E-state index in [0.29, 0.717) is 26.2 Å². The fraction of sp³-hybridized carbons (Fsp3) is 0.500. The third-order valence-corrected chi connectivity index (χ3v) is 3.42. The van der Waals surface area contributed by atoms with Crippen LogP contribution in [0.3, 0.4) is 0 Å². The van der Waals surface area contributed by atoms with Crippen LogP contribution in [0.4, 0.5) is 4.79 Å². The number of carbonyl (C=O) groups excluding carboxylic acids is 2. The molecule has 1 heterocycles. The number of rotatable bonds is 5. The summed E-state index contributed by atoms with van der Waals surface area (Å²) in [5.41, 5.74) is 0.813. The van der Waals surface area contributed by atoms with Crippen molar-refractivity contribution in [2.24, 2.45) is 0 Å². The zero-order valence-electron chi connectivity index (χ0n) is 13.0. The van der Waals surface area contributed by atoms with Crippen LogP contribution in [0.1, 0.15) is 25.5 Å². The molecule has 6 heteroatoms. The predicted molar refractivity (Wildman–Crippen MR) is 83.4 cm³/mol. The Kier molecular flexibility index (Phi) is 5.77. The molecule has 0 spiro atoms. The Morgan fingerprint density at radius 1 is 1.41 bits per heavy atom. The summed E-state index contributed by atoms with van der Waals surface area (Å²) in [5, 5.41) is 5.62. The first-order chi connectivity index (χ1) is 10.6. The molecule has 22 heavy (non-hydrogen) atoms. The van der Waals surface area contributed by atoms with Crippen LogP contribution in [0.5, 0.6) is 0 Å². The molecule has 6 nitrogen and oxygen atoms in total. The topological polar surface area (TPSA) is 70.7 Å². The fourth-order valence-electron chi connectivity index (χ4n) is 2.41. The van der Waals surface area contributed by atoms with Crippen molar-refractivity contribution in [3.8, 4) is 0 Å². The van der Waals surface area contributed by atoms with Gasteiger partial charge in [-0.25, -0.2) is 4.79 Å². The monoisotopic (exact) mass is 305 g/mol. The smallest absolute Gasteiger partial charge is 0.318 e. The number of nitrogens with one attached hydrogen (secondary N) is 2. The lowest BCUT2D eigenvalue weighted by atomic mass is 10.0. The van der Waals surface area contributed by atoms with E-state index in [0.717, 1.165) is 5.56 Å². The van der Waals surface area contributed by atoms with E-state index in [1.54, 1.807) is 4.90 Å². The number of ether oxygens (including phenoxy) is 1. The second-order valence-electron chi connectivity index (χ2n) is 5.45. The number of hydrogen-bond donors (Lipinski definition) is 2. The quantitative estimate of drug-likeness (QED) is 0.805. The van der Waals surface area contributed by atoms with Gasteiger partial charge < -0.3 is 20.3 Å². The second-order valence-corrected chi connectivity index (χ2v) is 5.45. The van der Waals surface area contributed by atoms with Crippen molar-refractivity contribution in [3.05, 3.63) is 35.9 Å². The lowest BCUT2D eigenvalue weighted by molar-refractivity contribution is -0.127. The molecule has 1 aromatic rings. The largest absolute Gasteiger partial charge is 0.377 e. The summed E-state index contributed by atoms with van der Waals surface area (Å²) in [5.74, 6) is -0.147. The van der Waals surface area contributed by atoms with Gasteiger partial charge in [-0.05, 0) is 19.4 Å². The molecule has 0 unspecified atom stereocenters. The molecule has 0 bridgehead atoms. The van der Waals surface area contributed by atoms with Crippen molar-refractivity contribution in [3.63, 3.8) is 0 Å². The Bertz CT molecular complexity index is 505. The normalized spacial score (nSPS) is 18.2. The molecule has 0 saturated carbocycles. The van der Waals surface area contributed by atoms with E-state index in [4.69, 9.17) is 4.74 Å². The Balaban J connectivity index is 2.00. The molecule has 1 saturated heterocycles. The maximum absolute atomic E-state index is 12.4. The zero-order chi connectivity index (χ0) is 15.9. The minimum atomic E-state index is -0.582. The molecule has 2 rings (SSSR count). The van der Waals surface area contributed by atoms with Gasteiger partial charge in [-0.2, -0.15) is 0 Å². The Morgan fingerprint density at radius 3 is 2.82 bits per heavy atom. The highest BCUT2D eigenvalue weighted by molar-refractivity contribution is 5.89. The van der Waals surface area contributed by atoms with E-state index in [1.165, 1.54) is 0 Å². The number of benzene rings is 1. The number of urea groups is 1. The zero-order valence-corrected chi connectivity index (χ0v) is 13.0. The lowest BCUT2D eigenvalue weighted by Crippen LogP contribution is -2.55. The van der Waals surface area contributed by atoms with Crippen molar-refractivity contribution in [1.29, 1.82) is 0 Å². The number of nitrogens with zero attached hydrogens (tertiary/aromatic N) is 1. The molecule has 0 radical (unpaired) electrons. The van der Waals surface area contributed by atoms with E-state index in [2.05, 4.69) is 10.6 Å². The second kappa shape index (κ2) is 7.79. The van der Waals surface area contributed by atoms with Crippen LogP contribution >= 0.6 is 0 Å². The Morgan fingerprint density at radius 2 is 2.14 bits per heavy atom. The first-order valence-corrected chi connectivity index (χ1v) is 7.58. The Labute approximate surface area is 130 Å². The van der Waals surface area contributed by atoms with Gasteiger partial charge in [0.2, 0.25) is 5.91 Å². The van der Waals surface area contributed by atoms with E-state index in [1.807, 2.05) is 44.2 Å². The highest BCUT2D eigenvalue weighted by Crippen LogP contribution is 2.22. The van der Waals surface area contributed by atoms with Crippen molar-refractivity contribution >= 4 is 11.9 Å². The van der Waals surface area contributed by atoms with Gasteiger partial charge in [0.05, 0.1) is 12.7 Å². The molecular weight excluding hydrogens is 282 g/mol. The van der Waals surface area contributed by atoms with Crippen LogP contribution < -0.4 is 10.6 Å². The maximum Gasteiger partial charge on any atom is 0.318 e. The van der Waals surface area contributed by atoms with Crippen molar-refractivity contribution < 1.29 is 14.3 Å². The molecule has 1 aliphatic rings. The van der Waals surface area contributed by atoms with E-state index in [9.17, 15) is 9.59 Å². The molecule has 0 aliphatic carbocycles. The average molecular weight is 305 g/mol. The highest BCUT2D eigenvalue weighted by Gasteiger charge is 2.34. The number of hydrogen-bond acceptors (Lipinski definition) is 3. The first-order valence-electron chi connectivity index (χ1n) is 7.58. The van der Waals surface area contributed by atoms with Crippen molar-refractivity contribution in [2.75, 3.05) is 26.2 Å². The van der Waals surface area contributed by atoms with Gasteiger partial charge in [-0.1, -0.05) is 30.3 Å². The van der Waals surface area contributed by atoms with Gasteiger partial charge in [0.25, 0.3) is 0 Å². The molecule has 1 fully saturated rings. The predicted octanol–water partition coefficient (Wildman–Crippen LogP) is 1.29. The summed E-state index contributed by atoms with van der Waals surface area (Å²) >= 11 is 0. The van der Waals surface area contributed by atoms with Crippen LogP contribution in [0, 0.1) is 0 Å². The van der Waals surface area contributed by atoms with Gasteiger partial charge in [0, 0.05) is 19.6 Å². The summed E-state index contributed by atoms with van der Waals surface area (Å²) in [6.45, 7) is 5.74. The van der Waals surface area contributed by atoms with Gasteiger partial charge in [0.1, 0.15) is 6.04 Å². The maximum atomic E-state index is 12.4. The molecule has 1 atom stereocenters. The third-order valence-electron chi connectivity index (χ3n) is 3.42. The summed E-state index contributed by atoms with van der Waals surface area (Å²) in [4.78, 5) is 26.1. The third kappa shape index (κ3) is 4.21. The molecule has 1 aliphatic heterocycles. The molecule has 1 aromatic carbocycles. The van der Waals surface area contributed by atoms with E-state index < -0.39 is 6.04 Å². The van der Waals surface area contributed by atoms with Crippen LogP contribution in [0.15, 0.2) is 30.3 Å². The molecule has 2 N–H and O–H groups in total. The minimum absolute atomic E-state index is 0.134. The number of carbonyl (C=O) groups is 2. The number of amides is 3. The van der Waals surface area contributed by atoms with Gasteiger partial charge >= 0.3 is 6.03 Å². The van der Waals surface area contributed by atoms with Crippen molar-refractivity contribution in [2.45, 2.75) is 26.0 Å². The summed E-state index contributed by atoms with van der Waals surface area (Å²) in [7, 11) is 0. The lowest BCUT2D eigenvalue weighted by Gasteiger charge is -2.35. The van der Waals surface area contributed by atoms with E-state index in [-0.39, 0.29) is 18.0 Å². The Hall–Kier alpha value is -2.08. The molecule has 0 aromatic heterocycles. The van der Waals surface area contributed by atoms with Gasteiger partial charge in [-0.15, -0.1) is 0 Å². The molecule has 3 amide bonds. The SMILES string of the molecule is CC(C)OCCNC(=O)N1CCNC(=O)[C@H]1c1ccccc1. The minimum Gasteiger partial charge on any atom is -0.377 e. The van der Waals surface area contributed by atoms with Gasteiger partial charge in [0.15, 0.2) is 0 Å². The van der Waals surface area contributed by atoms with Crippen LogP contribution in [0.25, 0.3) is 0 Å². The highest BCUT2D eigenvalue weighted by atomic mass is 16.5. The summed E-state index contributed by atoms with van der Waals surface area (Å²) in [6, 6.07) is 8.51. The van der Waals surface area contributed by atoms with Gasteiger partial charge in [-0.3, -0.25) is 4.79 Å². The molecule has 120 valence electrons. The van der Waals surface area contributed by atoms with Crippen LogP contribution in [-0.4, -0.2) is 49.2 Å². The standard InChI is InChI=1S/C16H23N3O3/c1-12(2)22-11-9-18-16(21)19-10-8-17-15(20)14(19)13-6-4-3-5-7-13/h3-7,12,14H,8-11H2,1-2H3,(H,17,20)(H,18,21)/t14-/m1/s1. The van der Waals surface area contributed by atoms with E-state index >= 15 is 0 Å². The summed E-state index contributed by atoms with van der Waals surface area (Å²) < 4.78 is 5.40. The van der Waals surface area contributed by atoms with Crippen LogP contribution in [0.2, 0.25) is 0 Å². The first kappa shape index (κ1) is 16.3. The summed E-state index contributed by atoms with van der Waals surface area (Å²) in [6.07, 6.45) is 0.134.